The SMILES string of the molecule is CCOc1ccc(/C=C2/SC(=O)N(Cc3ccc(C(=O)O)cc3)C2=O)cc1. The van der Waals surface area contributed by atoms with Crippen molar-refractivity contribution in [1.82, 2.24) is 4.90 Å². The van der Waals surface area contributed by atoms with E-state index >= 15 is 0 Å². The third kappa shape index (κ3) is 4.38. The van der Waals surface area contributed by atoms with Crippen LogP contribution < -0.4 is 4.74 Å². The molecule has 2 aromatic rings. The third-order valence-corrected chi connectivity index (χ3v) is 4.81. The molecule has 0 saturated carbocycles. The molecule has 0 radical (unpaired) electrons. The first-order chi connectivity index (χ1) is 13.0. The number of carbonyl (C=O) groups is 3. The number of hydrogen-bond acceptors (Lipinski definition) is 5. The molecule has 7 heteroatoms. The molecule has 0 aliphatic carbocycles. The average Bonchev–Trinajstić information content (AvgIpc) is 2.91. The quantitative estimate of drug-likeness (QED) is 0.759. The van der Waals surface area contributed by atoms with Crippen molar-refractivity contribution in [3.05, 3.63) is 70.1 Å². The minimum absolute atomic E-state index is 0.102. The highest BCUT2D eigenvalue weighted by molar-refractivity contribution is 8.18. The number of amides is 2. The van der Waals surface area contributed by atoms with Gasteiger partial charge in [-0.25, -0.2) is 4.79 Å². The summed E-state index contributed by atoms with van der Waals surface area (Å²) in [7, 11) is 0. The number of benzene rings is 2. The Labute approximate surface area is 160 Å². The van der Waals surface area contributed by atoms with Crippen LogP contribution in [0.4, 0.5) is 4.79 Å². The first-order valence-corrected chi connectivity index (χ1v) is 9.10. The Balaban J connectivity index is 1.73. The smallest absolute Gasteiger partial charge is 0.335 e. The number of imide groups is 1. The van der Waals surface area contributed by atoms with E-state index in [-0.39, 0.29) is 23.3 Å². The Morgan fingerprint density at radius 2 is 1.78 bits per heavy atom. The Bertz CT molecular complexity index is 903. The lowest BCUT2D eigenvalue weighted by Crippen LogP contribution is -2.27. The van der Waals surface area contributed by atoms with Crippen LogP contribution in [0.2, 0.25) is 0 Å². The molecule has 1 N–H and O–H groups in total. The molecule has 0 atom stereocenters. The topological polar surface area (TPSA) is 83.9 Å². The van der Waals surface area contributed by atoms with Crippen LogP contribution in [0.3, 0.4) is 0 Å². The summed E-state index contributed by atoms with van der Waals surface area (Å²) in [5.74, 6) is -0.639. The molecule has 27 heavy (non-hydrogen) atoms. The minimum Gasteiger partial charge on any atom is -0.494 e. The number of carboxylic acids is 1. The summed E-state index contributed by atoms with van der Waals surface area (Å²) in [4.78, 5) is 37.2. The van der Waals surface area contributed by atoms with Crippen molar-refractivity contribution in [1.29, 1.82) is 0 Å². The van der Waals surface area contributed by atoms with Gasteiger partial charge in [-0.3, -0.25) is 14.5 Å². The molecule has 1 heterocycles. The van der Waals surface area contributed by atoms with E-state index in [9.17, 15) is 14.4 Å². The first kappa shape index (κ1) is 18.7. The predicted molar refractivity (Wildman–Crippen MR) is 103 cm³/mol. The maximum absolute atomic E-state index is 12.6. The second-order valence-electron chi connectivity index (χ2n) is 5.77. The van der Waals surface area contributed by atoms with E-state index in [1.807, 2.05) is 31.2 Å². The Morgan fingerprint density at radius 1 is 1.11 bits per heavy atom. The van der Waals surface area contributed by atoms with Crippen LogP contribution in [-0.2, 0) is 11.3 Å². The molecule has 1 saturated heterocycles. The lowest BCUT2D eigenvalue weighted by molar-refractivity contribution is -0.123. The summed E-state index contributed by atoms with van der Waals surface area (Å²) >= 11 is 0.892. The Morgan fingerprint density at radius 3 is 2.37 bits per heavy atom. The highest BCUT2D eigenvalue weighted by atomic mass is 32.2. The zero-order valence-corrected chi connectivity index (χ0v) is 15.4. The fourth-order valence-corrected chi connectivity index (χ4v) is 3.39. The van der Waals surface area contributed by atoms with Gasteiger partial charge in [0.2, 0.25) is 0 Å². The van der Waals surface area contributed by atoms with Crippen molar-refractivity contribution >= 4 is 35.0 Å². The highest BCUT2D eigenvalue weighted by Crippen LogP contribution is 2.33. The molecule has 6 nitrogen and oxygen atoms in total. The van der Waals surface area contributed by atoms with Crippen molar-refractivity contribution in [3.63, 3.8) is 0 Å². The number of thioether (sulfide) groups is 1. The van der Waals surface area contributed by atoms with E-state index in [0.717, 1.165) is 28.0 Å². The lowest BCUT2D eigenvalue weighted by atomic mass is 10.1. The second kappa shape index (κ2) is 8.09. The highest BCUT2D eigenvalue weighted by Gasteiger charge is 2.34. The molecule has 2 aromatic carbocycles. The van der Waals surface area contributed by atoms with Crippen molar-refractivity contribution < 1.29 is 24.2 Å². The van der Waals surface area contributed by atoms with Crippen LogP contribution in [0, 0.1) is 0 Å². The first-order valence-electron chi connectivity index (χ1n) is 8.28. The molecule has 0 unspecified atom stereocenters. The Kier molecular flexibility index (Phi) is 5.61. The van der Waals surface area contributed by atoms with Crippen LogP contribution in [0.1, 0.15) is 28.4 Å². The van der Waals surface area contributed by atoms with E-state index in [4.69, 9.17) is 9.84 Å². The van der Waals surface area contributed by atoms with Gasteiger partial charge < -0.3 is 9.84 Å². The van der Waals surface area contributed by atoms with Gasteiger partial charge >= 0.3 is 5.97 Å². The fourth-order valence-electron chi connectivity index (χ4n) is 2.55. The van der Waals surface area contributed by atoms with Gasteiger partial charge in [0.25, 0.3) is 11.1 Å². The van der Waals surface area contributed by atoms with Crippen LogP contribution in [0.15, 0.2) is 53.4 Å². The van der Waals surface area contributed by atoms with E-state index in [1.54, 1.807) is 18.2 Å². The van der Waals surface area contributed by atoms with Crippen LogP contribution in [0.5, 0.6) is 5.75 Å². The van der Waals surface area contributed by atoms with Gasteiger partial charge in [0.05, 0.1) is 23.6 Å². The number of carbonyl (C=O) groups excluding carboxylic acids is 2. The van der Waals surface area contributed by atoms with Gasteiger partial charge in [0.1, 0.15) is 5.75 Å². The van der Waals surface area contributed by atoms with Gasteiger partial charge in [-0.1, -0.05) is 24.3 Å². The summed E-state index contributed by atoms with van der Waals surface area (Å²) in [6.45, 7) is 2.58. The van der Waals surface area contributed by atoms with E-state index in [1.165, 1.54) is 12.1 Å². The molecule has 0 bridgehead atoms. The van der Waals surface area contributed by atoms with Crippen LogP contribution >= 0.6 is 11.8 Å². The average molecular weight is 383 g/mol. The molecule has 1 aliphatic rings. The zero-order valence-electron chi connectivity index (χ0n) is 14.5. The van der Waals surface area contributed by atoms with Gasteiger partial charge in [-0.15, -0.1) is 0 Å². The van der Waals surface area contributed by atoms with Crippen LogP contribution in [-0.4, -0.2) is 33.7 Å². The fraction of sp³-hybridized carbons (Fsp3) is 0.150. The maximum atomic E-state index is 12.6. The van der Waals surface area contributed by atoms with E-state index in [2.05, 4.69) is 0 Å². The number of hydrogen-bond donors (Lipinski definition) is 1. The number of carboxylic acid groups (broad SMARTS) is 1. The minimum atomic E-state index is -1.02. The number of nitrogens with zero attached hydrogens (tertiary/aromatic N) is 1. The second-order valence-corrected chi connectivity index (χ2v) is 6.77. The van der Waals surface area contributed by atoms with Gasteiger partial charge in [0.15, 0.2) is 0 Å². The van der Waals surface area contributed by atoms with Crippen molar-refractivity contribution in [2.75, 3.05) is 6.61 Å². The van der Waals surface area contributed by atoms with Crippen LogP contribution in [0.25, 0.3) is 6.08 Å². The maximum Gasteiger partial charge on any atom is 0.335 e. The molecular formula is C20H17NO5S. The summed E-state index contributed by atoms with van der Waals surface area (Å²) in [6.07, 6.45) is 1.67. The molecule has 3 rings (SSSR count). The molecule has 0 aromatic heterocycles. The Hall–Kier alpha value is -3.06. The largest absolute Gasteiger partial charge is 0.494 e. The molecular weight excluding hydrogens is 366 g/mol. The summed E-state index contributed by atoms with van der Waals surface area (Å²) in [5.41, 5.74) is 1.64. The van der Waals surface area contributed by atoms with Crippen molar-refractivity contribution in [2.45, 2.75) is 13.5 Å². The van der Waals surface area contributed by atoms with Gasteiger partial charge in [-0.2, -0.15) is 0 Å². The number of ether oxygens (including phenoxy) is 1. The monoisotopic (exact) mass is 383 g/mol. The van der Waals surface area contributed by atoms with E-state index < -0.39 is 5.97 Å². The normalized spacial score (nSPS) is 15.4. The van der Waals surface area contributed by atoms with Gasteiger partial charge in [-0.05, 0) is 60.2 Å². The molecule has 2 amide bonds. The predicted octanol–water partition coefficient (Wildman–Crippen LogP) is 4.02. The summed E-state index contributed by atoms with van der Waals surface area (Å²) in [6, 6.07) is 13.4. The molecule has 138 valence electrons. The summed E-state index contributed by atoms with van der Waals surface area (Å²) in [5, 5.41) is 8.58. The molecule has 1 aliphatic heterocycles. The molecule has 1 fully saturated rings. The lowest BCUT2D eigenvalue weighted by Gasteiger charge is -2.12. The summed E-state index contributed by atoms with van der Waals surface area (Å²) < 4.78 is 5.38. The standard InChI is InChI=1S/C20H17NO5S/c1-2-26-16-9-5-13(6-10-16)11-17-18(22)21(20(25)27-17)12-14-3-7-15(8-4-14)19(23)24/h3-11H,2,12H2,1H3,(H,23,24)/b17-11+. The van der Waals surface area contributed by atoms with Crippen molar-refractivity contribution in [2.24, 2.45) is 0 Å². The number of aromatic carboxylic acids is 1. The number of rotatable bonds is 6. The van der Waals surface area contributed by atoms with Gasteiger partial charge in [0, 0.05) is 0 Å². The third-order valence-electron chi connectivity index (χ3n) is 3.90. The van der Waals surface area contributed by atoms with E-state index in [0.29, 0.717) is 17.1 Å². The molecule has 0 spiro atoms. The zero-order chi connectivity index (χ0) is 19.4. The van der Waals surface area contributed by atoms with Crippen molar-refractivity contribution in [3.8, 4) is 5.75 Å².